The van der Waals surface area contributed by atoms with Crippen LogP contribution in [0.2, 0.25) is 0 Å². The highest BCUT2D eigenvalue weighted by molar-refractivity contribution is 5.67. The first-order valence-electron chi connectivity index (χ1n) is 8.11. The van der Waals surface area contributed by atoms with Crippen molar-refractivity contribution in [2.45, 2.75) is 19.8 Å². The fourth-order valence-electron chi connectivity index (χ4n) is 2.71. The van der Waals surface area contributed by atoms with Crippen LogP contribution in [-0.2, 0) is 24.5 Å². The van der Waals surface area contributed by atoms with E-state index in [1.54, 1.807) is 11.0 Å². The van der Waals surface area contributed by atoms with Crippen molar-refractivity contribution in [2.75, 3.05) is 26.2 Å². The number of furan rings is 1. The second-order valence-corrected chi connectivity index (χ2v) is 5.83. The summed E-state index contributed by atoms with van der Waals surface area (Å²) in [5.41, 5.74) is 0.988. The van der Waals surface area contributed by atoms with Crippen molar-refractivity contribution in [1.29, 1.82) is 0 Å². The summed E-state index contributed by atoms with van der Waals surface area (Å²) < 4.78 is 10.9. The van der Waals surface area contributed by atoms with Crippen molar-refractivity contribution >= 4 is 6.09 Å². The van der Waals surface area contributed by atoms with Crippen LogP contribution in [0.4, 0.5) is 4.79 Å². The third-order valence-electron chi connectivity index (χ3n) is 4.09. The molecule has 6 nitrogen and oxygen atoms in total. The van der Waals surface area contributed by atoms with E-state index in [2.05, 4.69) is 4.90 Å². The predicted octanol–water partition coefficient (Wildman–Crippen LogP) is 2.23. The van der Waals surface area contributed by atoms with E-state index in [0.717, 1.165) is 24.4 Å². The SMILES string of the molecule is O=C(OCc1ccccc1)N1CCN(Cc2ccc(CO)o2)CC1. The Balaban J connectivity index is 1.42. The summed E-state index contributed by atoms with van der Waals surface area (Å²) in [6, 6.07) is 13.3. The molecule has 0 aliphatic carbocycles. The van der Waals surface area contributed by atoms with Crippen molar-refractivity contribution in [3.63, 3.8) is 0 Å². The van der Waals surface area contributed by atoms with Gasteiger partial charge < -0.3 is 19.2 Å². The molecule has 6 heteroatoms. The Labute approximate surface area is 141 Å². The van der Waals surface area contributed by atoms with Crippen molar-refractivity contribution in [1.82, 2.24) is 9.80 Å². The summed E-state index contributed by atoms with van der Waals surface area (Å²) in [6.45, 7) is 3.73. The largest absolute Gasteiger partial charge is 0.462 e. The molecule has 1 fully saturated rings. The Kier molecular flexibility index (Phi) is 5.51. The van der Waals surface area contributed by atoms with Crippen LogP contribution in [0.1, 0.15) is 17.1 Å². The third-order valence-corrected chi connectivity index (χ3v) is 4.09. The molecule has 24 heavy (non-hydrogen) atoms. The fourth-order valence-corrected chi connectivity index (χ4v) is 2.71. The number of hydrogen-bond acceptors (Lipinski definition) is 5. The Morgan fingerprint density at radius 2 is 1.75 bits per heavy atom. The van der Waals surface area contributed by atoms with Gasteiger partial charge in [0.25, 0.3) is 0 Å². The number of benzene rings is 1. The highest BCUT2D eigenvalue weighted by atomic mass is 16.6. The minimum Gasteiger partial charge on any atom is -0.462 e. The lowest BCUT2D eigenvalue weighted by molar-refractivity contribution is 0.0682. The van der Waals surface area contributed by atoms with Crippen LogP contribution in [0.3, 0.4) is 0 Å². The molecule has 1 aromatic carbocycles. The molecule has 2 aromatic rings. The number of piperazine rings is 1. The molecule has 1 N–H and O–H groups in total. The van der Waals surface area contributed by atoms with Gasteiger partial charge in [-0.15, -0.1) is 0 Å². The minimum absolute atomic E-state index is 0.0823. The molecule has 1 aliphatic rings. The third kappa shape index (κ3) is 4.37. The van der Waals surface area contributed by atoms with Crippen LogP contribution in [0.5, 0.6) is 0 Å². The Bertz CT molecular complexity index is 648. The van der Waals surface area contributed by atoms with Gasteiger partial charge >= 0.3 is 6.09 Å². The number of rotatable bonds is 5. The summed E-state index contributed by atoms with van der Waals surface area (Å²) >= 11 is 0. The number of hydrogen-bond donors (Lipinski definition) is 1. The van der Waals surface area contributed by atoms with Crippen LogP contribution in [0, 0.1) is 0 Å². The summed E-state index contributed by atoms with van der Waals surface area (Å²) in [5.74, 6) is 1.41. The standard InChI is InChI=1S/C18H22N2O4/c21-13-17-7-6-16(24-17)12-19-8-10-20(11-9-19)18(22)23-14-15-4-2-1-3-5-15/h1-7,21H,8-14H2. The van der Waals surface area contributed by atoms with Crippen LogP contribution in [-0.4, -0.2) is 47.2 Å². The molecule has 1 saturated heterocycles. The average molecular weight is 330 g/mol. The van der Waals surface area contributed by atoms with Gasteiger partial charge in [0.1, 0.15) is 24.7 Å². The maximum atomic E-state index is 12.1. The maximum Gasteiger partial charge on any atom is 0.410 e. The summed E-state index contributed by atoms with van der Waals surface area (Å²) in [5, 5.41) is 9.02. The molecule has 1 aliphatic heterocycles. The lowest BCUT2D eigenvalue weighted by Gasteiger charge is -2.33. The molecule has 0 bridgehead atoms. The quantitative estimate of drug-likeness (QED) is 0.911. The molecule has 0 saturated carbocycles. The van der Waals surface area contributed by atoms with Crippen molar-refractivity contribution in [2.24, 2.45) is 0 Å². The van der Waals surface area contributed by atoms with E-state index in [0.29, 0.717) is 32.0 Å². The zero-order valence-corrected chi connectivity index (χ0v) is 13.6. The second kappa shape index (κ2) is 7.99. The predicted molar refractivity (Wildman–Crippen MR) is 88.1 cm³/mol. The molecule has 1 amide bonds. The molecule has 0 atom stereocenters. The zero-order valence-electron chi connectivity index (χ0n) is 13.6. The first-order chi connectivity index (χ1) is 11.7. The van der Waals surface area contributed by atoms with Crippen molar-refractivity contribution in [3.8, 4) is 0 Å². The first kappa shape index (κ1) is 16.5. The van der Waals surface area contributed by atoms with Gasteiger partial charge in [-0.3, -0.25) is 4.90 Å². The number of aliphatic hydroxyl groups is 1. The minimum atomic E-state index is -0.265. The van der Waals surface area contributed by atoms with Gasteiger partial charge in [0.05, 0.1) is 6.54 Å². The smallest absolute Gasteiger partial charge is 0.410 e. The molecule has 0 radical (unpaired) electrons. The zero-order chi connectivity index (χ0) is 16.8. The summed E-state index contributed by atoms with van der Waals surface area (Å²) in [7, 11) is 0. The molecular formula is C18H22N2O4. The van der Waals surface area contributed by atoms with Crippen LogP contribution >= 0.6 is 0 Å². The number of carbonyl (C=O) groups excluding carboxylic acids is 1. The Hall–Kier alpha value is -2.31. The second-order valence-electron chi connectivity index (χ2n) is 5.83. The summed E-state index contributed by atoms with van der Waals surface area (Å²) in [6.07, 6.45) is -0.265. The molecule has 0 spiro atoms. The topological polar surface area (TPSA) is 66.2 Å². The highest BCUT2D eigenvalue weighted by Crippen LogP contribution is 2.13. The number of carbonyl (C=O) groups is 1. The molecule has 2 heterocycles. The van der Waals surface area contributed by atoms with Gasteiger partial charge in [0, 0.05) is 26.2 Å². The average Bonchev–Trinajstić information content (AvgIpc) is 3.09. The van der Waals surface area contributed by atoms with Crippen molar-refractivity contribution in [3.05, 3.63) is 59.5 Å². The lowest BCUT2D eigenvalue weighted by atomic mass is 10.2. The van der Waals surface area contributed by atoms with E-state index in [-0.39, 0.29) is 12.7 Å². The van der Waals surface area contributed by atoms with E-state index < -0.39 is 0 Å². The molecule has 128 valence electrons. The highest BCUT2D eigenvalue weighted by Gasteiger charge is 2.22. The van der Waals surface area contributed by atoms with E-state index in [1.807, 2.05) is 36.4 Å². The van der Waals surface area contributed by atoms with Crippen molar-refractivity contribution < 1.29 is 19.1 Å². The van der Waals surface area contributed by atoms with Crippen LogP contribution in [0.25, 0.3) is 0 Å². The number of aliphatic hydroxyl groups excluding tert-OH is 1. The van der Waals surface area contributed by atoms with Gasteiger partial charge in [-0.25, -0.2) is 4.79 Å². The lowest BCUT2D eigenvalue weighted by Crippen LogP contribution is -2.48. The van der Waals surface area contributed by atoms with Gasteiger partial charge in [-0.05, 0) is 17.7 Å². The fraction of sp³-hybridized carbons (Fsp3) is 0.389. The van der Waals surface area contributed by atoms with Gasteiger partial charge in [0.2, 0.25) is 0 Å². The van der Waals surface area contributed by atoms with E-state index in [9.17, 15) is 4.79 Å². The first-order valence-corrected chi connectivity index (χ1v) is 8.11. The molecule has 3 rings (SSSR count). The maximum absolute atomic E-state index is 12.1. The molecule has 1 aromatic heterocycles. The number of amides is 1. The molecule has 0 unspecified atom stereocenters. The Morgan fingerprint density at radius 3 is 2.42 bits per heavy atom. The van der Waals surface area contributed by atoms with Gasteiger partial charge in [0.15, 0.2) is 0 Å². The normalized spacial score (nSPS) is 15.5. The summed E-state index contributed by atoms with van der Waals surface area (Å²) in [4.78, 5) is 16.1. The van der Waals surface area contributed by atoms with E-state index >= 15 is 0 Å². The monoisotopic (exact) mass is 330 g/mol. The molecular weight excluding hydrogens is 308 g/mol. The van der Waals surface area contributed by atoms with Gasteiger partial charge in [-0.1, -0.05) is 30.3 Å². The van der Waals surface area contributed by atoms with E-state index in [4.69, 9.17) is 14.3 Å². The van der Waals surface area contributed by atoms with Gasteiger partial charge in [-0.2, -0.15) is 0 Å². The number of ether oxygens (including phenoxy) is 1. The Morgan fingerprint density at radius 1 is 1.04 bits per heavy atom. The number of nitrogens with zero attached hydrogens (tertiary/aromatic N) is 2. The van der Waals surface area contributed by atoms with E-state index in [1.165, 1.54) is 0 Å². The van der Waals surface area contributed by atoms with Crippen LogP contribution < -0.4 is 0 Å². The van der Waals surface area contributed by atoms with Crippen LogP contribution in [0.15, 0.2) is 46.9 Å².